The molecule has 2 amide bonds. The van der Waals surface area contributed by atoms with Crippen molar-refractivity contribution in [1.29, 1.82) is 0 Å². The number of anilines is 2. The van der Waals surface area contributed by atoms with Gasteiger partial charge < -0.3 is 15.0 Å². The van der Waals surface area contributed by atoms with Crippen LogP contribution < -0.4 is 20.3 Å². The molecule has 182 valence electrons. The van der Waals surface area contributed by atoms with Gasteiger partial charge in [-0.15, -0.1) is 0 Å². The van der Waals surface area contributed by atoms with Crippen molar-refractivity contribution in [3.8, 4) is 5.75 Å². The van der Waals surface area contributed by atoms with E-state index in [0.717, 1.165) is 16.6 Å². The van der Waals surface area contributed by atoms with E-state index >= 15 is 0 Å². The fourth-order valence-electron chi connectivity index (χ4n) is 3.24. The molecule has 3 aromatic carbocycles. The summed E-state index contributed by atoms with van der Waals surface area (Å²) in [5.41, 5.74) is 2.24. The Balaban J connectivity index is 1.66. The van der Waals surface area contributed by atoms with Gasteiger partial charge in [0.25, 0.3) is 11.8 Å². The average molecular weight is 555 g/mol. The van der Waals surface area contributed by atoms with E-state index < -0.39 is 0 Å². The quantitative estimate of drug-likeness (QED) is 0.321. The Morgan fingerprint density at radius 1 is 1.03 bits per heavy atom. The first-order valence-corrected chi connectivity index (χ1v) is 12.4. The minimum atomic E-state index is -0.389. The number of benzene rings is 3. The zero-order valence-corrected chi connectivity index (χ0v) is 22.3. The topological polar surface area (TPSA) is 70.7 Å². The van der Waals surface area contributed by atoms with Crippen molar-refractivity contribution in [2.45, 2.75) is 20.3 Å². The summed E-state index contributed by atoms with van der Waals surface area (Å²) < 4.78 is 6.59. The maximum absolute atomic E-state index is 12.9. The summed E-state index contributed by atoms with van der Waals surface area (Å²) in [6.07, 6.45) is 0.881. The van der Waals surface area contributed by atoms with Crippen LogP contribution in [0.4, 0.5) is 11.4 Å². The number of nitrogens with one attached hydrogen (secondary N) is 2. The van der Waals surface area contributed by atoms with Gasteiger partial charge in [0, 0.05) is 28.5 Å². The lowest BCUT2D eigenvalue weighted by atomic mass is 10.1. The van der Waals surface area contributed by atoms with E-state index in [0.29, 0.717) is 35.1 Å². The van der Waals surface area contributed by atoms with Gasteiger partial charge in [0.2, 0.25) is 0 Å². The highest BCUT2D eigenvalue weighted by molar-refractivity contribution is 9.10. The Kier molecular flexibility index (Phi) is 9.39. The number of halogens is 1. The molecule has 8 heteroatoms. The highest BCUT2D eigenvalue weighted by Gasteiger charge is 2.17. The van der Waals surface area contributed by atoms with Crippen molar-refractivity contribution in [3.63, 3.8) is 0 Å². The third-order valence-corrected chi connectivity index (χ3v) is 5.88. The van der Waals surface area contributed by atoms with Gasteiger partial charge in [0.1, 0.15) is 5.75 Å². The first-order valence-electron chi connectivity index (χ1n) is 11.2. The highest BCUT2D eigenvalue weighted by atomic mass is 79.9. The summed E-state index contributed by atoms with van der Waals surface area (Å²) in [5.74, 6) is 0.437. The molecule has 6 nitrogen and oxygen atoms in total. The van der Waals surface area contributed by atoms with Crippen LogP contribution in [0, 0.1) is 5.92 Å². The lowest BCUT2D eigenvalue weighted by molar-refractivity contribution is 0.0970. The largest absolute Gasteiger partial charge is 0.493 e. The van der Waals surface area contributed by atoms with Crippen molar-refractivity contribution in [2.24, 2.45) is 5.92 Å². The van der Waals surface area contributed by atoms with Gasteiger partial charge in [-0.3, -0.25) is 14.9 Å². The standard InChI is InChI=1S/C27H28BrN3O3S/c1-18(2)14-15-34-24-13-12-20(28)17-23(24)25(32)30-27(35)29-21-9-7-8-19(16-21)26(33)31(3)22-10-5-4-6-11-22/h4-13,16-18H,14-15H2,1-3H3,(H2,29,30,32,35). The van der Waals surface area contributed by atoms with Gasteiger partial charge in [0.15, 0.2) is 5.11 Å². The highest BCUT2D eigenvalue weighted by Crippen LogP contribution is 2.24. The molecule has 0 spiro atoms. The molecule has 0 aliphatic carbocycles. The van der Waals surface area contributed by atoms with Crippen molar-refractivity contribution in [1.82, 2.24) is 5.32 Å². The Labute approximate surface area is 219 Å². The Morgan fingerprint density at radius 3 is 2.49 bits per heavy atom. The minimum Gasteiger partial charge on any atom is -0.493 e. The number of hydrogen-bond donors (Lipinski definition) is 2. The maximum Gasteiger partial charge on any atom is 0.261 e. The lowest BCUT2D eigenvalue weighted by Gasteiger charge is -2.18. The van der Waals surface area contributed by atoms with Gasteiger partial charge in [-0.05, 0) is 73.1 Å². The first-order chi connectivity index (χ1) is 16.7. The Bertz CT molecular complexity index is 1200. The van der Waals surface area contributed by atoms with Crippen LogP contribution in [0.5, 0.6) is 5.75 Å². The van der Waals surface area contributed by atoms with Gasteiger partial charge in [-0.1, -0.05) is 54.0 Å². The monoisotopic (exact) mass is 553 g/mol. The first kappa shape index (κ1) is 26.4. The van der Waals surface area contributed by atoms with Gasteiger partial charge in [-0.2, -0.15) is 0 Å². The molecule has 0 heterocycles. The molecule has 0 saturated carbocycles. The summed E-state index contributed by atoms with van der Waals surface area (Å²) in [7, 11) is 1.72. The average Bonchev–Trinajstić information content (AvgIpc) is 2.84. The van der Waals surface area contributed by atoms with Crippen molar-refractivity contribution < 1.29 is 14.3 Å². The SMILES string of the molecule is CC(C)CCOc1ccc(Br)cc1C(=O)NC(=S)Nc1cccc(C(=O)N(C)c2ccccc2)c1. The number of nitrogens with zero attached hydrogens (tertiary/aromatic N) is 1. The molecule has 3 rings (SSSR count). The number of carbonyl (C=O) groups excluding carboxylic acids is 2. The zero-order chi connectivity index (χ0) is 25.4. The second-order valence-corrected chi connectivity index (χ2v) is 9.68. The van der Waals surface area contributed by atoms with Crippen LogP contribution in [0.2, 0.25) is 0 Å². The fourth-order valence-corrected chi connectivity index (χ4v) is 3.81. The van der Waals surface area contributed by atoms with Crippen LogP contribution in [0.15, 0.2) is 77.3 Å². The third kappa shape index (κ3) is 7.63. The Hall–Kier alpha value is -3.23. The van der Waals surface area contributed by atoms with E-state index in [1.807, 2.05) is 36.4 Å². The lowest BCUT2D eigenvalue weighted by Crippen LogP contribution is -2.34. The van der Waals surface area contributed by atoms with Crippen LogP contribution in [-0.2, 0) is 0 Å². The minimum absolute atomic E-state index is 0.115. The van der Waals surface area contributed by atoms with Crippen molar-refractivity contribution in [2.75, 3.05) is 23.9 Å². The maximum atomic E-state index is 12.9. The molecule has 0 aliphatic rings. The number of amides is 2. The van der Waals surface area contributed by atoms with E-state index in [1.54, 1.807) is 48.3 Å². The number of rotatable bonds is 8. The number of hydrogen-bond acceptors (Lipinski definition) is 4. The second kappa shape index (κ2) is 12.5. The van der Waals surface area contributed by atoms with E-state index in [2.05, 4.69) is 40.4 Å². The molecule has 0 bridgehead atoms. The van der Waals surface area contributed by atoms with Gasteiger partial charge in [-0.25, -0.2) is 0 Å². The summed E-state index contributed by atoms with van der Waals surface area (Å²) in [6.45, 7) is 4.75. The molecule has 0 fully saturated rings. The molecule has 3 aromatic rings. The molecule has 0 aromatic heterocycles. The molecular formula is C27H28BrN3O3S. The summed E-state index contributed by atoms with van der Waals surface area (Å²) in [4.78, 5) is 27.4. The second-order valence-electron chi connectivity index (χ2n) is 8.36. The summed E-state index contributed by atoms with van der Waals surface area (Å²) in [6, 6.07) is 21.6. The molecule has 35 heavy (non-hydrogen) atoms. The number of carbonyl (C=O) groups is 2. The van der Waals surface area contributed by atoms with Crippen molar-refractivity contribution in [3.05, 3.63) is 88.4 Å². The van der Waals surface area contributed by atoms with Gasteiger partial charge in [0.05, 0.1) is 12.2 Å². The molecule has 0 aliphatic heterocycles. The van der Waals surface area contributed by atoms with Crippen LogP contribution in [0.25, 0.3) is 0 Å². The van der Waals surface area contributed by atoms with Gasteiger partial charge >= 0.3 is 0 Å². The van der Waals surface area contributed by atoms with Crippen LogP contribution >= 0.6 is 28.1 Å². The molecule has 0 saturated heterocycles. The van der Waals surface area contributed by atoms with E-state index in [-0.39, 0.29) is 16.9 Å². The van der Waals surface area contributed by atoms with Crippen LogP contribution in [-0.4, -0.2) is 30.6 Å². The molecule has 0 radical (unpaired) electrons. The zero-order valence-electron chi connectivity index (χ0n) is 19.9. The molecule has 0 unspecified atom stereocenters. The van der Waals surface area contributed by atoms with E-state index in [4.69, 9.17) is 17.0 Å². The number of para-hydroxylation sites is 1. The summed E-state index contributed by atoms with van der Waals surface area (Å²) >= 11 is 8.76. The molecular weight excluding hydrogens is 526 g/mol. The molecule has 2 N–H and O–H groups in total. The number of thiocarbonyl (C=S) groups is 1. The predicted octanol–water partition coefficient (Wildman–Crippen LogP) is 6.28. The van der Waals surface area contributed by atoms with Crippen molar-refractivity contribution >= 4 is 56.4 Å². The van der Waals surface area contributed by atoms with Crippen LogP contribution in [0.3, 0.4) is 0 Å². The predicted molar refractivity (Wildman–Crippen MR) is 148 cm³/mol. The third-order valence-electron chi connectivity index (χ3n) is 5.18. The van der Waals surface area contributed by atoms with E-state index in [9.17, 15) is 9.59 Å². The van der Waals surface area contributed by atoms with E-state index in [1.165, 1.54) is 0 Å². The summed E-state index contributed by atoms with van der Waals surface area (Å²) in [5, 5.41) is 5.79. The Morgan fingerprint density at radius 2 is 1.77 bits per heavy atom. The van der Waals surface area contributed by atoms with Crippen LogP contribution in [0.1, 0.15) is 41.0 Å². The normalized spacial score (nSPS) is 10.5. The smallest absolute Gasteiger partial charge is 0.261 e. The number of ether oxygens (including phenoxy) is 1. The molecule has 0 atom stereocenters. The fraction of sp³-hybridized carbons (Fsp3) is 0.222.